The van der Waals surface area contributed by atoms with Crippen LogP contribution in [-0.4, -0.2) is 20.4 Å². The maximum Gasteiger partial charge on any atom is 0.220 e. The highest BCUT2D eigenvalue weighted by atomic mass is 16.1. The maximum absolute atomic E-state index is 12.3. The van der Waals surface area contributed by atoms with Crippen molar-refractivity contribution in [2.45, 2.75) is 32.2 Å². The Balaban J connectivity index is 1.58. The molecule has 0 bridgehead atoms. The van der Waals surface area contributed by atoms with Gasteiger partial charge in [0.25, 0.3) is 0 Å². The average Bonchev–Trinajstić information content (AvgIpc) is 3.20. The highest BCUT2D eigenvalue weighted by Gasteiger charge is 2.14. The van der Waals surface area contributed by atoms with Gasteiger partial charge in [0.1, 0.15) is 12.1 Å². The Morgan fingerprint density at radius 1 is 1.20 bits per heavy atom. The summed E-state index contributed by atoms with van der Waals surface area (Å²) in [5.74, 6) is 1.11. The molecule has 2 aromatic heterocycles. The first-order valence-corrected chi connectivity index (χ1v) is 8.51. The molecule has 0 radical (unpaired) electrons. The third-order valence-electron chi connectivity index (χ3n) is 4.26. The van der Waals surface area contributed by atoms with Gasteiger partial charge in [-0.2, -0.15) is 0 Å². The standard InChI is InChI=1S/C20H22N4O/c1-2-17(18-6-4-3-5-7-18)13-20(25)23-14-16-8-9-22-19(12-16)24-11-10-21-15-24/h3-12,15,17H,2,13-14H2,1H3,(H,23,25). The zero-order chi connectivity index (χ0) is 17.5. The molecule has 1 N–H and O–H groups in total. The molecule has 1 atom stereocenters. The lowest BCUT2D eigenvalue weighted by Crippen LogP contribution is -2.24. The first-order valence-electron chi connectivity index (χ1n) is 8.51. The topological polar surface area (TPSA) is 59.8 Å². The van der Waals surface area contributed by atoms with Gasteiger partial charge in [0.05, 0.1) is 0 Å². The lowest BCUT2D eigenvalue weighted by Gasteiger charge is -2.15. The van der Waals surface area contributed by atoms with E-state index in [2.05, 4.69) is 34.3 Å². The fourth-order valence-electron chi connectivity index (χ4n) is 2.83. The molecule has 0 saturated heterocycles. The molecule has 0 saturated carbocycles. The number of carbonyl (C=O) groups is 1. The minimum atomic E-state index is 0.0664. The molecule has 0 spiro atoms. The normalized spacial score (nSPS) is 11.9. The lowest BCUT2D eigenvalue weighted by molar-refractivity contribution is -0.121. The van der Waals surface area contributed by atoms with E-state index < -0.39 is 0 Å². The predicted octanol–water partition coefficient (Wildman–Crippen LogP) is 3.47. The monoisotopic (exact) mass is 334 g/mol. The van der Waals surface area contributed by atoms with Crippen LogP contribution < -0.4 is 5.32 Å². The van der Waals surface area contributed by atoms with Crippen molar-refractivity contribution in [2.75, 3.05) is 0 Å². The molecule has 0 aliphatic rings. The van der Waals surface area contributed by atoms with Gasteiger partial charge in [0.15, 0.2) is 0 Å². The minimum Gasteiger partial charge on any atom is -0.352 e. The average molecular weight is 334 g/mol. The van der Waals surface area contributed by atoms with Crippen molar-refractivity contribution in [2.24, 2.45) is 0 Å². The van der Waals surface area contributed by atoms with Gasteiger partial charge < -0.3 is 5.32 Å². The molecule has 1 unspecified atom stereocenters. The molecule has 3 aromatic rings. The fourth-order valence-corrected chi connectivity index (χ4v) is 2.83. The molecule has 0 aliphatic heterocycles. The maximum atomic E-state index is 12.3. The SMILES string of the molecule is CCC(CC(=O)NCc1ccnc(-n2ccnc2)c1)c1ccccc1. The molecule has 3 rings (SSSR count). The summed E-state index contributed by atoms with van der Waals surface area (Å²) in [6, 6.07) is 14.1. The number of nitrogens with zero attached hydrogens (tertiary/aromatic N) is 3. The van der Waals surface area contributed by atoms with Crippen LogP contribution in [0.1, 0.15) is 36.8 Å². The number of pyridine rings is 1. The summed E-state index contributed by atoms with van der Waals surface area (Å²) in [6.45, 7) is 2.61. The summed E-state index contributed by atoms with van der Waals surface area (Å²) in [4.78, 5) is 20.7. The van der Waals surface area contributed by atoms with E-state index in [1.54, 1.807) is 18.7 Å². The van der Waals surface area contributed by atoms with Crippen LogP contribution in [0.4, 0.5) is 0 Å². The van der Waals surface area contributed by atoms with E-state index in [4.69, 9.17) is 0 Å². The van der Waals surface area contributed by atoms with E-state index in [0.29, 0.717) is 13.0 Å². The zero-order valence-electron chi connectivity index (χ0n) is 14.3. The van der Waals surface area contributed by atoms with Crippen molar-refractivity contribution in [1.29, 1.82) is 0 Å². The Hall–Kier alpha value is -2.95. The molecule has 1 aromatic carbocycles. The summed E-state index contributed by atoms with van der Waals surface area (Å²) in [5, 5.41) is 3.01. The van der Waals surface area contributed by atoms with Gasteiger partial charge in [-0.05, 0) is 35.6 Å². The molecule has 2 heterocycles. The number of aromatic nitrogens is 3. The highest BCUT2D eigenvalue weighted by molar-refractivity contribution is 5.76. The van der Waals surface area contributed by atoms with Crippen LogP contribution in [0.15, 0.2) is 67.4 Å². The van der Waals surface area contributed by atoms with Gasteiger partial charge >= 0.3 is 0 Å². The van der Waals surface area contributed by atoms with Gasteiger partial charge in [-0.15, -0.1) is 0 Å². The Morgan fingerprint density at radius 3 is 2.76 bits per heavy atom. The Bertz CT molecular complexity index is 800. The first kappa shape index (κ1) is 16.9. The lowest BCUT2D eigenvalue weighted by atomic mass is 9.93. The van der Waals surface area contributed by atoms with Crippen molar-refractivity contribution in [3.63, 3.8) is 0 Å². The summed E-state index contributed by atoms with van der Waals surface area (Å²) < 4.78 is 1.84. The number of carbonyl (C=O) groups excluding carboxylic acids is 1. The first-order chi connectivity index (χ1) is 12.3. The van der Waals surface area contributed by atoms with E-state index in [9.17, 15) is 4.79 Å². The minimum absolute atomic E-state index is 0.0664. The van der Waals surface area contributed by atoms with Gasteiger partial charge in [0.2, 0.25) is 5.91 Å². The van der Waals surface area contributed by atoms with Crippen molar-refractivity contribution in [3.05, 3.63) is 78.5 Å². The quantitative estimate of drug-likeness (QED) is 0.720. The van der Waals surface area contributed by atoms with Crippen molar-refractivity contribution in [3.8, 4) is 5.82 Å². The van der Waals surface area contributed by atoms with Gasteiger partial charge in [-0.25, -0.2) is 9.97 Å². The van der Waals surface area contributed by atoms with E-state index in [1.807, 2.05) is 41.1 Å². The molecule has 0 aliphatic carbocycles. The number of benzene rings is 1. The van der Waals surface area contributed by atoms with E-state index >= 15 is 0 Å². The van der Waals surface area contributed by atoms with Crippen LogP contribution in [0.25, 0.3) is 5.82 Å². The van der Waals surface area contributed by atoms with E-state index in [-0.39, 0.29) is 11.8 Å². The number of imidazole rings is 1. The Morgan fingerprint density at radius 2 is 2.04 bits per heavy atom. The fraction of sp³-hybridized carbons (Fsp3) is 0.250. The smallest absolute Gasteiger partial charge is 0.220 e. The number of hydrogen-bond acceptors (Lipinski definition) is 3. The second-order valence-corrected chi connectivity index (χ2v) is 5.99. The molecule has 25 heavy (non-hydrogen) atoms. The Kier molecular flexibility index (Phi) is 5.57. The van der Waals surface area contributed by atoms with Crippen molar-refractivity contribution >= 4 is 5.91 Å². The van der Waals surface area contributed by atoms with Gasteiger partial charge in [-0.3, -0.25) is 9.36 Å². The number of rotatable bonds is 7. The molecule has 5 heteroatoms. The molecule has 128 valence electrons. The van der Waals surface area contributed by atoms with Crippen LogP contribution in [0.3, 0.4) is 0 Å². The van der Waals surface area contributed by atoms with Gasteiger partial charge in [0, 0.05) is 31.6 Å². The molecular formula is C20H22N4O. The third kappa shape index (κ3) is 4.53. The van der Waals surface area contributed by atoms with Gasteiger partial charge in [-0.1, -0.05) is 37.3 Å². The van der Waals surface area contributed by atoms with E-state index in [1.165, 1.54) is 5.56 Å². The highest BCUT2D eigenvalue weighted by Crippen LogP contribution is 2.22. The zero-order valence-corrected chi connectivity index (χ0v) is 14.3. The summed E-state index contributed by atoms with van der Waals surface area (Å²) in [6.07, 6.45) is 8.45. The summed E-state index contributed by atoms with van der Waals surface area (Å²) >= 11 is 0. The van der Waals surface area contributed by atoms with Crippen LogP contribution in [0.2, 0.25) is 0 Å². The Labute approximate surface area is 147 Å². The number of nitrogens with one attached hydrogen (secondary N) is 1. The van der Waals surface area contributed by atoms with Crippen LogP contribution in [-0.2, 0) is 11.3 Å². The largest absolute Gasteiger partial charge is 0.352 e. The third-order valence-corrected chi connectivity index (χ3v) is 4.26. The molecular weight excluding hydrogens is 312 g/mol. The number of hydrogen-bond donors (Lipinski definition) is 1. The predicted molar refractivity (Wildman–Crippen MR) is 97.3 cm³/mol. The second-order valence-electron chi connectivity index (χ2n) is 5.99. The van der Waals surface area contributed by atoms with Crippen molar-refractivity contribution < 1.29 is 4.79 Å². The molecule has 0 fully saturated rings. The van der Waals surface area contributed by atoms with Crippen LogP contribution in [0, 0.1) is 0 Å². The summed E-state index contributed by atoms with van der Waals surface area (Å²) in [5.41, 5.74) is 2.23. The van der Waals surface area contributed by atoms with E-state index in [0.717, 1.165) is 17.8 Å². The second kappa shape index (κ2) is 8.24. The van der Waals surface area contributed by atoms with Crippen molar-refractivity contribution in [1.82, 2.24) is 19.9 Å². The number of amides is 1. The van der Waals surface area contributed by atoms with Crippen LogP contribution >= 0.6 is 0 Å². The molecule has 1 amide bonds. The molecule has 5 nitrogen and oxygen atoms in total. The summed E-state index contributed by atoms with van der Waals surface area (Å²) in [7, 11) is 0. The van der Waals surface area contributed by atoms with Crippen LogP contribution in [0.5, 0.6) is 0 Å².